The number of hydrogen-bond acceptors (Lipinski definition) is 5. The number of piperidine rings is 1. The maximum atomic E-state index is 4.52. The van der Waals surface area contributed by atoms with Crippen molar-refractivity contribution in [1.29, 1.82) is 0 Å². The van der Waals surface area contributed by atoms with Crippen LogP contribution in [0.5, 0.6) is 0 Å². The van der Waals surface area contributed by atoms with Gasteiger partial charge in [0.05, 0.1) is 10.0 Å². The van der Waals surface area contributed by atoms with Crippen LogP contribution >= 0.6 is 46.7 Å². The van der Waals surface area contributed by atoms with Gasteiger partial charge in [-0.2, -0.15) is 0 Å². The van der Waals surface area contributed by atoms with Crippen molar-refractivity contribution in [3.63, 3.8) is 0 Å². The van der Waals surface area contributed by atoms with Crippen LogP contribution in [-0.4, -0.2) is 43.7 Å². The van der Waals surface area contributed by atoms with E-state index in [1.807, 2.05) is 18.4 Å². The van der Waals surface area contributed by atoms with Crippen LogP contribution in [0.25, 0.3) is 0 Å². The number of rotatable bonds is 7. The minimum atomic E-state index is 0. The van der Waals surface area contributed by atoms with E-state index in [-0.39, 0.29) is 24.0 Å². The summed E-state index contributed by atoms with van der Waals surface area (Å²) < 4.78 is 0. The molecule has 0 aliphatic carbocycles. The fourth-order valence-electron chi connectivity index (χ4n) is 3.21. The van der Waals surface area contributed by atoms with E-state index in [1.165, 1.54) is 10.0 Å². The maximum Gasteiger partial charge on any atom is 0.191 e. The van der Waals surface area contributed by atoms with Gasteiger partial charge in [-0.3, -0.25) is 4.99 Å². The second kappa shape index (κ2) is 11.9. The fourth-order valence-corrected chi connectivity index (χ4v) is 4.81. The van der Waals surface area contributed by atoms with E-state index >= 15 is 0 Å². The smallest absolute Gasteiger partial charge is 0.191 e. The monoisotopic (exact) mass is 519 g/mol. The Morgan fingerprint density at radius 1 is 1.30 bits per heavy atom. The first kappa shape index (κ1) is 22.4. The number of thiophene rings is 1. The molecule has 1 fully saturated rings. The minimum Gasteiger partial charge on any atom is -0.363 e. The van der Waals surface area contributed by atoms with Gasteiger partial charge in [0.15, 0.2) is 5.96 Å². The second-order valence-electron chi connectivity index (χ2n) is 6.70. The molecule has 8 heteroatoms. The Hall–Kier alpha value is -0.870. The van der Waals surface area contributed by atoms with Crippen LogP contribution in [0, 0.1) is 6.92 Å². The van der Waals surface area contributed by atoms with Crippen molar-refractivity contribution >= 4 is 57.6 Å². The first-order valence-corrected chi connectivity index (χ1v) is 11.2. The van der Waals surface area contributed by atoms with Gasteiger partial charge in [-0.1, -0.05) is 0 Å². The van der Waals surface area contributed by atoms with Gasteiger partial charge in [0.2, 0.25) is 0 Å². The Balaban J connectivity index is 0.00000261. The molecule has 5 nitrogen and oxygen atoms in total. The molecule has 0 unspecified atom stereocenters. The summed E-state index contributed by atoms with van der Waals surface area (Å²) in [6.07, 6.45) is 5.68. The van der Waals surface area contributed by atoms with Gasteiger partial charge in [-0.05, 0) is 56.5 Å². The molecule has 2 aromatic rings. The van der Waals surface area contributed by atoms with Gasteiger partial charge in [-0.15, -0.1) is 46.7 Å². The molecule has 0 atom stereocenters. The molecule has 27 heavy (non-hydrogen) atoms. The van der Waals surface area contributed by atoms with Crippen LogP contribution in [0.15, 0.2) is 27.9 Å². The number of nitrogens with one attached hydrogen (secondary N) is 2. The Labute approximate surface area is 187 Å². The number of aliphatic imine (C=N–C) groups is 1. The van der Waals surface area contributed by atoms with Gasteiger partial charge < -0.3 is 15.5 Å². The van der Waals surface area contributed by atoms with E-state index in [0.717, 1.165) is 63.4 Å². The summed E-state index contributed by atoms with van der Waals surface area (Å²) in [4.78, 5) is 11.4. The number of unbranched alkanes of at least 4 members (excludes halogenated alkanes) is 1. The minimum absolute atomic E-state index is 0. The second-order valence-corrected chi connectivity index (χ2v) is 8.56. The van der Waals surface area contributed by atoms with Gasteiger partial charge in [-0.25, -0.2) is 4.98 Å². The molecule has 1 aliphatic heterocycles. The van der Waals surface area contributed by atoms with Crippen LogP contribution < -0.4 is 15.5 Å². The summed E-state index contributed by atoms with van der Waals surface area (Å²) in [5.74, 6) is 0.935. The van der Waals surface area contributed by atoms with E-state index in [9.17, 15) is 0 Å². The molecular weight excluding hydrogens is 489 g/mol. The molecule has 1 saturated heterocycles. The van der Waals surface area contributed by atoms with Crippen molar-refractivity contribution in [1.82, 2.24) is 15.6 Å². The lowest BCUT2D eigenvalue weighted by Gasteiger charge is -2.33. The molecular formula is C19H30IN5S2. The number of halogens is 1. The summed E-state index contributed by atoms with van der Waals surface area (Å²) >= 11 is 3.60. The average molecular weight is 520 g/mol. The third-order valence-electron chi connectivity index (χ3n) is 4.65. The van der Waals surface area contributed by atoms with Gasteiger partial charge in [0.1, 0.15) is 0 Å². The predicted molar refractivity (Wildman–Crippen MR) is 129 cm³/mol. The van der Waals surface area contributed by atoms with Gasteiger partial charge in [0, 0.05) is 43.8 Å². The Kier molecular flexibility index (Phi) is 9.84. The van der Waals surface area contributed by atoms with Crippen LogP contribution in [-0.2, 0) is 6.42 Å². The quantitative estimate of drug-likeness (QED) is 0.248. The number of guanidine groups is 1. The SMILES string of the molecule is CN=C(NCCCCc1nc(C)cs1)NC1CCN(c2cccs2)CC1.I. The van der Waals surface area contributed by atoms with E-state index < -0.39 is 0 Å². The summed E-state index contributed by atoms with van der Waals surface area (Å²) in [6.45, 7) is 5.24. The van der Waals surface area contributed by atoms with E-state index in [4.69, 9.17) is 0 Å². The molecule has 0 bridgehead atoms. The number of nitrogens with zero attached hydrogens (tertiary/aromatic N) is 3. The average Bonchev–Trinajstić information content (AvgIpc) is 3.33. The zero-order valence-corrected chi connectivity index (χ0v) is 20.1. The normalized spacial score (nSPS) is 15.5. The van der Waals surface area contributed by atoms with E-state index in [0.29, 0.717) is 6.04 Å². The van der Waals surface area contributed by atoms with Gasteiger partial charge in [0.25, 0.3) is 0 Å². The Bertz CT molecular complexity index is 678. The molecule has 150 valence electrons. The fraction of sp³-hybridized carbons (Fsp3) is 0.579. The van der Waals surface area contributed by atoms with Crippen molar-refractivity contribution in [2.75, 3.05) is 31.6 Å². The molecule has 0 spiro atoms. The standard InChI is InChI=1S/C19H29N5S2.HI/c1-15-14-26-17(22-15)6-3-4-10-21-19(20-2)23-16-8-11-24(12-9-16)18-7-5-13-25-18;/h5,7,13-14,16H,3-4,6,8-12H2,1-2H3,(H2,20,21,23);1H. The number of aryl methyl sites for hydroxylation is 2. The van der Waals surface area contributed by atoms with E-state index in [2.05, 4.69) is 55.3 Å². The van der Waals surface area contributed by atoms with Crippen LogP contribution in [0.4, 0.5) is 5.00 Å². The predicted octanol–water partition coefficient (Wildman–Crippen LogP) is 4.29. The Morgan fingerprint density at radius 3 is 2.74 bits per heavy atom. The number of aromatic nitrogens is 1. The lowest BCUT2D eigenvalue weighted by molar-refractivity contribution is 0.462. The molecule has 1 aliphatic rings. The zero-order valence-electron chi connectivity index (χ0n) is 16.1. The first-order chi connectivity index (χ1) is 12.7. The molecule has 3 rings (SSSR count). The molecule has 3 heterocycles. The highest BCUT2D eigenvalue weighted by Crippen LogP contribution is 2.24. The molecule has 0 saturated carbocycles. The topological polar surface area (TPSA) is 52.6 Å². The summed E-state index contributed by atoms with van der Waals surface area (Å²) in [6, 6.07) is 4.85. The van der Waals surface area contributed by atoms with Crippen molar-refractivity contribution in [3.05, 3.63) is 33.6 Å². The van der Waals surface area contributed by atoms with E-state index in [1.54, 1.807) is 11.3 Å². The Morgan fingerprint density at radius 2 is 2.11 bits per heavy atom. The van der Waals surface area contributed by atoms with Gasteiger partial charge >= 0.3 is 0 Å². The molecule has 0 amide bonds. The van der Waals surface area contributed by atoms with Crippen molar-refractivity contribution in [3.8, 4) is 0 Å². The lowest BCUT2D eigenvalue weighted by Crippen LogP contribution is -2.48. The lowest BCUT2D eigenvalue weighted by atomic mass is 10.1. The number of hydrogen-bond donors (Lipinski definition) is 2. The highest BCUT2D eigenvalue weighted by atomic mass is 127. The van der Waals surface area contributed by atoms with Crippen LogP contribution in [0.3, 0.4) is 0 Å². The first-order valence-electron chi connectivity index (χ1n) is 9.41. The largest absolute Gasteiger partial charge is 0.363 e. The van der Waals surface area contributed by atoms with Crippen LogP contribution in [0.1, 0.15) is 36.4 Å². The molecule has 0 aromatic carbocycles. The highest BCUT2D eigenvalue weighted by Gasteiger charge is 2.20. The number of thiazole rings is 1. The summed E-state index contributed by atoms with van der Waals surface area (Å²) in [7, 11) is 1.86. The van der Waals surface area contributed by atoms with Crippen LogP contribution in [0.2, 0.25) is 0 Å². The van der Waals surface area contributed by atoms with Crippen molar-refractivity contribution in [2.24, 2.45) is 4.99 Å². The van der Waals surface area contributed by atoms with Crippen molar-refractivity contribution in [2.45, 2.75) is 45.1 Å². The maximum absolute atomic E-state index is 4.52. The van der Waals surface area contributed by atoms with Crippen molar-refractivity contribution < 1.29 is 0 Å². The molecule has 2 aromatic heterocycles. The zero-order chi connectivity index (χ0) is 18.2. The molecule has 0 radical (unpaired) electrons. The third kappa shape index (κ3) is 7.23. The summed E-state index contributed by atoms with van der Waals surface area (Å²) in [5.41, 5.74) is 1.14. The molecule has 2 N–H and O–H groups in total. The highest BCUT2D eigenvalue weighted by molar-refractivity contribution is 14.0. The third-order valence-corrected chi connectivity index (χ3v) is 6.61. The summed E-state index contributed by atoms with van der Waals surface area (Å²) in [5, 5.41) is 14.0. The number of anilines is 1.